The highest BCUT2D eigenvalue weighted by Crippen LogP contribution is 2.24. The summed E-state index contributed by atoms with van der Waals surface area (Å²) in [6.07, 6.45) is 2.19. The van der Waals surface area contributed by atoms with E-state index in [1.165, 1.54) is 0 Å². The second-order valence-corrected chi connectivity index (χ2v) is 7.16. The quantitative estimate of drug-likeness (QED) is 0.857. The zero-order chi connectivity index (χ0) is 17.9. The minimum Gasteiger partial charge on any atom is -0.460 e. The lowest BCUT2D eigenvalue weighted by Crippen LogP contribution is -2.45. The monoisotopic (exact) mass is 337 g/mol. The Morgan fingerprint density at radius 1 is 1.42 bits per heavy atom. The summed E-state index contributed by atoms with van der Waals surface area (Å²) in [5.74, 6) is 0.0641. The number of hydrogen-bond donors (Lipinski definition) is 1. The average molecular weight is 337 g/mol. The van der Waals surface area contributed by atoms with Crippen LogP contribution in [0.25, 0.3) is 0 Å². The van der Waals surface area contributed by atoms with Crippen LogP contribution in [-0.2, 0) is 16.0 Å². The van der Waals surface area contributed by atoms with Crippen LogP contribution in [0.3, 0.4) is 0 Å². The maximum Gasteiger partial charge on any atom is 0.322 e. The minimum atomic E-state index is -0.517. The van der Waals surface area contributed by atoms with Crippen LogP contribution in [0, 0.1) is 12.8 Å². The fourth-order valence-corrected chi connectivity index (χ4v) is 2.74. The van der Waals surface area contributed by atoms with Gasteiger partial charge in [-0.3, -0.25) is 4.79 Å². The Morgan fingerprint density at radius 2 is 2.12 bits per heavy atom. The Labute approximate surface area is 142 Å². The summed E-state index contributed by atoms with van der Waals surface area (Å²) >= 11 is 0. The lowest BCUT2D eigenvalue weighted by atomic mass is 9.98. The average Bonchev–Trinajstić information content (AvgIpc) is 2.86. The van der Waals surface area contributed by atoms with Gasteiger partial charge in [0.2, 0.25) is 0 Å². The van der Waals surface area contributed by atoms with Gasteiger partial charge in [-0.2, -0.15) is 0 Å². The number of piperidine rings is 1. The Bertz CT molecular complexity index is 603. The first kappa shape index (κ1) is 18.3. The number of anilines is 1. The van der Waals surface area contributed by atoms with Gasteiger partial charge in [0.1, 0.15) is 17.0 Å². The summed E-state index contributed by atoms with van der Waals surface area (Å²) in [5, 5.41) is 6.80. The molecule has 1 aliphatic rings. The molecule has 1 aromatic heterocycles. The normalized spacial score (nSPS) is 18.4. The van der Waals surface area contributed by atoms with E-state index < -0.39 is 5.60 Å². The molecule has 2 heterocycles. The molecule has 1 N–H and O–H groups in total. The summed E-state index contributed by atoms with van der Waals surface area (Å²) in [7, 11) is 0. The van der Waals surface area contributed by atoms with Crippen molar-refractivity contribution in [1.29, 1.82) is 0 Å². The SMILES string of the molecule is CCc1noc(C)c1NC(=O)N1CCC[C@@H](C(=O)OC(C)(C)C)C1. The standard InChI is InChI=1S/C17H27N3O4/c1-6-13-14(11(2)24-19-13)18-16(22)20-9-7-8-12(10-20)15(21)23-17(3,4)5/h12H,6-10H2,1-5H3,(H,18,22)/t12-/m1/s1. The number of amides is 2. The van der Waals surface area contributed by atoms with E-state index in [1.54, 1.807) is 11.8 Å². The molecule has 7 heteroatoms. The van der Waals surface area contributed by atoms with Gasteiger partial charge in [-0.25, -0.2) is 4.79 Å². The Balaban J connectivity index is 2.00. The van der Waals surface area contributed by atoms with E-state index in [1.807, 2.05) is 27.7 Å². The predicted octanol–water partition coefficient (Wildman–Crippen LogP) is 3.13. The number of nitrogens with zero attached hydrogens (tertiary/aromatic N) is 2. The molecule has 7 nitrogen and oxygen atoms in total. The second-order valence-electron chi connectivity index (χ2n) is 7.16. The third-order valence-corrected chi connectivity index (χ3v) is 3.95. The van der Waals surface area contributed by atoms with Crippen LogP contribution in [0.2, 0.25) is 0 Å². The van der Waals surface area contributed by atoms with Crippen LogP contribution in [0.1, 0.15) is 52.0 Å². The summed E-state index contributed by atoms with van der Waals surface area (Å²) in [6, 6.07) is -0.232. The first-order chi connectivity index (χ1) is 11.2. The molecule has 0 bridgehead atoms. The largest absolute Gasteiger partial charge is 0.460 e. The van der Waals surface area contributed by atoms with E-state index >= 15 is 0 Å². The van der Waals surface area contributed by atoms with Gasteiger partial charge in [0, 0.05) is 13.1 Å². The minimum absolute atomic E-state index is 0.232. The first-order valence-corrected chi connectivity index (χ1v) is 8.45. The van der Waals surface area contributed by atoms with Crippen molar-refractivity contribution in [2.45, 2.75) is 59.5 Å². The van der Waals surface area contributed by atoms with Gasteiger partial charge < -0.3 is 19.5 Å². The van der Waals surface area contributed by atoms with E-state index in [0.717, 1.165) is 18.5 Å². The third kappa shape index (κ3) is 4.49. The number of aryl methyl sites for hydroxylation is 2. The topological polar surface area (TPSA) is 84.7 Å². The van der Waals surface area contributed by atoms with Gasteiger partial charge in [0.15, 0.2) is 5.76 Å². The van der Waals surface area contributed by atoms with Gasteiger partial charge in [0.25, 0.3) is 0 Å². The highest BCUT2D eigenvalue weighted by Gasteiger charge is 2.32. The molecule has 0 spiro atoms. The first-order valence-electron chi connectivity index (χ1n) is 8.45. The van der Waals surface area contributed by atoms with Crippen LogP contribution >= 0.6 is 0 Å². The van der Waals surface area contributed by atoms with E-state index in [9.17, 15) is 9.59 Å². The molecule has 2 amide bonds. The number of rotatable bonds is 3. The number of carbonyl (C=O) groups is 2. The second kappa shape index (κ2) is 7.23. The van der Waals surface area contributed by atoms with Crippen molar-refractivity contribution in [2.75, 3.05) is 18.4 Å². The summed E-state index contributed by atoms with van der Waals surface area (Å²) in [6.45, 7) is 10.2. The lowest BCUT2D eigenvalue weighted by molar-refractivity contribution is -0.161. The third-order valence-electron chi connectivity index (χ3n) is 3.95. The molecule has 1 aliphatic heterocycles. The summed E-state index contributed by atoms with van der Waals surface area (Å²) in [5.41, 5.74) is 0.834. The number of ether oxygens (including phenoxy) is 1. The van der Waals surface area contributed by atoms with Crippen molar-refractivity contribution in [3.63, 3.8) is 0 Å². The number of hydrogen-bond acceptors (Lipinski definition) is 5. The molecule has 1 atom stereocenters. The van der Waals surface area contributed by atoms with Crippen LogP contribution in [0.5, 0.6) is 0 Å². The van der Waals surface area contributed by atoms with Gasteiger partial charge in [-0.15, -0.1) is 0 Å². The number of likely N-dealkylation sites (tertiary alicyclic amines) is 1. The molecule has 134 valence electrons. The maximum absolute atomic E-state index is 12.5. The molecular weight excluding hydrogens is 310 g/mol. The van der Waals surface area contributed by atoms with Crippen molar-refractivity contribution < 1.29 is 18.8 Å². The highest BCUT2D eigenvalue weighted by atomic mass is 16.6. The van der Waals surface area contributed by atoms with Gasteiger partial charge >= 0.3 is 12.0 Å². The molecule has 2 rings (SSSR count). The van der Waals surface area contributed by atoms with Crippen LogP contribution in [0.15, 0.2) is 4.52 Å². The highest BCUT2D eigenvalue weighted by molar-refractivity contribution is 5.91. The number of urea groups is 1. The molecule has 0 aliphatic carbocycles. The van der Waals surface area contributed by atoms with Gasteiger partial charge in [-0.05, 0) is 47.0 Å². The summed E-state index contributed by atoms with van der Waals surface area (Å²) in [4.78, 5) is 26.4. The van der Waals surface area contributed by atoms with Crippen LogP contribution < -0.4 is 5.32 Å². The molecule has 0 saturated carbocycles. The Morgan fingerprint density at radius 3 is 2.75 bits per heavy atom. The molecule has 1 aromatic rings. The Hall–Kier alpha value is -2.05. The molecule has 0 unspecified atom stereocenters. The van der Waals surface area contributed by atoms with Crippen molar-refractivity contribution in [3.8, 4) is 0 Å². The van der Waals surface area contributed by atoms with Crippen LogP contribution in [0.4, 0.5) is 10.5 Å². The van der Waals surface area contributed by atoms with Crippen LogP contribution in [-0.4, -0.2) is 40.7 Å². The van der Waals surface area contributed by atoms with Crippen molar-refractivity contribution in [3.05, 3.63) is 11.5 Å². The fourth-order valence-electron chi connectivity index (χ4n) is 2.74. The van der Waals surface area contributed by atoms with Gasteiger partial charge in [0.05, 0.1) is 5.92 Å². The number of carbonyl (C=O) groups excluding carboxylic acids is 2. The maximum atomic E-state index is 12.5. The van der Waals surface area contributed by atoms with E-state index in [4.69, 9.17) is 9.26 Å². The number of aromatic nitrogens is 1. The fraction of sp³-hybridized carbons (Fsp3) is 0.706. The summed E-state index contributed by atoms with van der Waals surface area (Å²) < 4.78 is 10.6. The van der Waals surface area contributed by atoms with Crippen molar-refractivity contribution >= 4 is 17.7 Å². The zero-order valence-corrected chi connectivity index (χ0v) is 15.1. The molecule has 0 aromatic carbocycles. The van der Waals surface area contributed by atoms with Crippen molar-refractivity contribution in [1.82, 2.24) is 10.1 Å². The van der Waals surface area contributed by atoms with E-state index in [-0.39, 0.29) is 17.9 Å². The number of esters is 1. The molecule has 1 fully saturated rings. The zero-order valence-electron chi connectivity index (χ0n) is 15.1. The Kier molecular flexibility index (Phi) is 5.51. The van der Waals surface area contributed by atoms with E-state index in [2.05, 4.69) is 10.5 Å². The molecule has 24 heavy (non-hydrogen) atoms. The smallest absolute Gasteiger partial charge is 0.322 e. The molecular formula is C17H27N3O4. The molecule has 1 saturated heterocycles. The van der Waals surface area contributed by atoms with Gasteiger partial charge in [-0.1, -0.05) is 12.1 Å². The predicted molar refractivity (Wildman–Crippen MR) is 89.8 cm³/mol. The van der Waals surface area contributed by atoms with E-state index in [0.29, 0.717) is 31.0 Å². The lowest BCUT2D eigenvalue weighted by Gasteiger charge is -2.33. The number of nitrogens with one attached hydrogen (secondary N) is 1. The molecule has 0 radical (unpaired) electrons. The van der Waals surface area contributed by atoms with Crippen molar-refractivity contribution in [2.24, 2.45) is 5.92 Å².